The summed E-state index contributed by atoms with van der Waals surface area (Å²) < 4.78 is 32.5. The molecular weight excluding hydrogens is 426 g/mol. The molecule has 0 saturated carbocycles. The highest BCUT2D eigenvalue weighted by molar-refractivity contribution is 6.32. The predicted molar refractivity (Wildman–Crippen MR) is 112 cm³/mol. The number of nitrogens with zero attached hydrogens (tertiary/aromatic N) is 1. The van der Waals surface area contributed by atoms with Crippen LogP contribution in [0.4, 0.5) is 8.78 Å². The fraction of sp³-hybridized carbons (Fsp3) is 0.0435. The average molecular weight is 439 g/mol. The first-order valence-electron chi connectivity index (χ1n) is 8.98. The summed E-state index contributed by atoms with van der Waals surface area (Å²) >= 11 is 6.26. The van der Waals surface area contributed by atoms with Crippen molar-refractivity contribution in [2.75, 3.05) is 0 Å². The number of carbonyl (C=O) groups is 1. The van der Waals surface area contributed by atoms with E-state index in [0.717, 1.165) is 12.1 Å². The Hall–Kier alpha value is -3.89. The van der Waals surface area contributed by atoms with Gasteiger partial charge in [0.1, 0.15) is 17.4 Å². The number of halogens is 3. The summed E-state index contributed by atoms with van der Waals surface area (Å²) in [6.07, 6.45) is 0. The third-order valence-electron chi connectivity index (χ3n) is 4.47. The number of aromatic nitrogens is 2. The van der Waals surface area contributed by atoms with E-state index in [1.54, 1.807) is 31.2 Å². The lowest BCUT2D eigenvalue weighted by Gasteiger charge is -2.05. The number of benzene rings is 3. The van der Waals surface area contributed by atoms with Gasteiger partial charge in [0.15, 0.2) is 0 Å². The second-order valence-electron chi connectivity index (χ2n) is 6.65. The van der Waals surface area contributed by atoms with E-state index in [0.29, 0.717) is 32.9 Å². The van der Waals surface area contributed by atoms with Gasteiger partial charge in [-0.15, -0.1) is 0 Å². The Labute approximate surface area is 180 Å². The number of nitrogens with one attached hydrogen (secondary N) is 1. The first kappa shape index (κ1) is 20.4. The molecule has 0 bridgehead atoms. The van der Waals surface area contributed by atoms with E-state index >= 15 is 0 Å². The maximum atomic E-state index is 13.8. The number of fused-ring (bicyclic) bond motifs is 1. The molecule has 8 heteroatoms. The Morgan fingerprint density at radius 3 is 2.61 bits per heavy atom. The zero-order valence-corrected chi connectivity index (χ0v) is 16.7. The Kier molecular flexibility index (Phi) is 5.32. The summed E-state index contributed by atoms with van der Waals surface area (Å²) in [6, 6.07) is 11.2. The summed E-state index contributed by atoms with van der Waals surface area (Å²) in [7, 11) is 0. The van der Waals surface area contributed by atoms with Crippen molar-refractivity contribution in [2.24, 2.45) is 0 Å². The Morgan fingerprint density at radius 2 is 1.87 bits per heavy atom. The Bertz CT molecular complexity index is 1400. The van der Waals surface area contributed by atoms with Crippen LogP contribution in [-0.4, -0.2) is 21.0 Å². The number of ether oxygens (including phenoxy) is 1. The van der Waals surface area contributed by atoms with Gasteiger partial charge in [-0.05, 0) is 48.9 Å². The van der Waals surface area contributed by atoms with E-state index in [-0.39, 0.29) is 17.1 Å². The molecule has 0 aliphatic heterocycles. The summed E-state index contributed by atoms with van der Waals surface area (Å²) in [5, 5.41) is 9.54. The molecule has 0 atom stereocenters. The summed E-state index contributed by atoms with van der Waals surface area (Å²) in [5.41, 5.74) is 2.26. The van der Waals surface area contributed by atoms with Gasteiger partial charge in [-0.2, -0.15) is 4.98 Å². The van der Waals surface area contributed by atoms with Gasteiger partial charge in [-0.1, -0.05) is 29.5 Å². The zero-order chi connectivity index (χ0) is 22.1. The van der Waals surface area contributed by atoms with E-state index in [2.05, 4.69) is 21.8 Å². The molecule has 0 amide bonds. The molecule has 0 fully saturated rings. The number of aromatic carboxylic acids is 1. The molecule has 1 aromatic heterocycles. The van der Waals surface area contributed by atoms with Crippen LogP contribution in [0.2, 0.25) is 5.02 Å². The second kappa shape index (κ2) is 8.09. The quantitative estimate of drug-likeness (QED) is 0.403. The topological polar surface area (TPSA) is 75.2 Å². The average Bonchev–Trinajstić information content (AvgIpc) is 3.09. The number of carboxylic acid groups (broad SMARTS) is 1. The molecule has 5 nitrogen and oxygen atoms in total. The molecule has 0 spiro atoms. The highest BCUT2D eigenvalue weighted by atomic mass is 35.5. The van der Waals surface area contributed by atoms with Gasteiger partial charge >= 0.3 is 5.97 Å². The molecule has 4 aromatic rings. The molecule has 2 N–H and O–H groups in total. The lowest BCUT2D eigenvalue weighted by molar-refractivity contribution is 0.0695. The van der Waals surface area contributed by atoms with Crippen LogP contribution in [0.5, 0.6) is 11.8 Å². The summed E-state index contributed by atoms with van der Waals surface area (Å²) in [4.78, 5) is 18.5. The van der Waals surface area contributed by atoms with Crippen LogP contribution in [0.15, 0.2) is 48.5 Å². The molecule has 0 aliphatic rings. The minimum Gasteiger partial charge on any atom is -0.478 e. The Balaban J connectivity index is 1.65. The largest absolute Gasteiger partial charge is 0.478 e. The SMILES string of the molecule is Cc1ccc(Oc2nc3cc(Cl)c(C#Cc4ccc(F)cc4F)cc3[nH]2)cc1C(=O)O. The lowest BCUT2D eigenvalue weighted by atomic mass is 10.1. The molecule has 0 aliphatic carbocycles. The van der Waals surface area contributed by atoms with E-state index in [1.165, 1.54) is 12.1 Å². The van der Waals surface area contributed by atoms with Crippen molar-refractivity contribution in [1.82, 2.24) is 9.97 Å². The first-order chi connectivity index (χ1) is 14.8. The molecule has 0 radical (unpaired) electrons. The number of H-pyrrole nitrogens is 1. The third kappa shape index (κ3) is 4.34. The lowest BCUT2D eigenvalue weighted by Crippen LogP contribution is -2.00. The summed E-state index contributed by atoms with van der Waals surface area (Å²) in [5.74, 6) is 3.21. The van der Waals surface area contributed by atoms with Crippen molar-refractivity contribution in [2.45, 2.75) is 6.92 Å². The van der Waals surface area contributed by atoms with Gasteiger partial charge in [0.05, 0.1) is 27.2 Å². The second-order valence-corrected chi connectivity index (χ2v) is 7.06. The number of hydrogen-bond donors (Lipinski definition) is 2. The van der Waals surface area contributed by atoms with Gasteiger partial charge in [-0.3, -0.25) is 0 Å². The molecule has 0 saturated heterocycles. The van der Waals surface area contributed by atoms with Crippen molar-refractivity contribution in [1.29, 1.82) is 0 Å². The first-order valence-corrected chi connectivity index (χ1v) is 9.36. The monoisotopic (exact) mass is 438 g/mol. The highest BCUT2D eigenvalue weighted by Crippen LogP contribution is 2.27. The molecule has 4 rings (SSSR count). The van der Waals surface area contributed by atoms with Gasteiger partial charge < -0.3 is 14.8 Å². The molecular formula is C23H13ClF2N2O3. The molecule has 154 valence electrons. The van der Waals surface area contributed by atoms with Crippen LogP contribution >= 0.6 is 11.6 Å². The van der Waals surface area contributed by atoms with E-state index in [1.807, 2.05) is 0 Å². The smallest absolute Gasteiger partial charge is 0.336 e. The summed E-state index contributed by atoms with van der Waals surface area (Å²) in [6.45, 7) is 1.69. The molecule has 31 heavy (non-hydrogen) atoms. The minimum absolute atomic E-state index is 0.0415. The van der Waals surface area contributed by atoms with Crippen LogP contribution in [0.3, 0.4) is 0 Å². The van der Waals surface area contributed by atoms with Crippen LogP contribution < -0.4 is 4.74 Å². The van der Waals surface area contributed by atoms with E-state index in [4.69, 9.17) is 16.3 Å². The molecule has 3 aromatic carbocycles. The van der Waals surface area contributed by atoms with Gasteiger partial charge in [0.2, 0.25) is 0 Å². The number of aryl methyl sites for hydroxylation is 1. The van der Waals surface area contributed by atoms with Gasteiger partial charge in [-0.25, -0.2) is 13.6 Å². The number of hydrogen-bond acceptors (Lipinski definition) is 3. The maximum absolute atomic E-state index is 13.8. The minimum atomic E-state index is -1.06. The molecule has 0 unspecified atom stereocenters. The van der Waals surface area contributed by atoms with Crippen molar-refractivity contribution >= 4 is 28.6 Å². The number of aromatic amines is 1. The van der Waals surface area contributed by atoms with Crippen LogP contribution in [-0.2, 0) is 0 Å². The fourth-order valence-corrected chi connectivity index (χ4v) is 3.09. The van der Waals surface area contributed by atoms with Crippen molar-refractivity contribution in [3.05, 3.63) is 87.4 Å². The third-order valence-corrected chi connectivity index (χ3v) is 4.78. The maximum Gasteiger partial charge on any atom is 0.336 e. The van der Waals surface area contributed by atoms with Gasteiger partial charge in [0.25, 0.3) is 6.01 Å². The van der Waals surface area contributed by atoms with Crippen LogP contribution in [0, 0.1) is 30.4 Å². The van der Waals surface area contributed by atoms with Crippen molar-refractivity contribution in [3.8, 4) is 23.6 Å². The Morgan fingerprint density at radius 1 is 1.10 bits per heavy atom. The molecule has 1 heterocycles. The standard InChI is InChI=1S/C23H13ClF2N2O3/c1-12-2-7-16(10-17(12)22(29)30)31-23-27-20-8-14(18(24)11-21(20)28-23)4-3-13-5-6-15(25)9-19(13)26/h2,5-11H,1H3,(H,27,28)(H,29,30). The fourth-order valence-electron chi connectivity index (χ4n) is 2.88. The van der Waals surface area contributed by atoms with Crippen LogP contribution in [0.25, 0.3) is 11.0 Å². The normalized spacial score (nSPS) is 10.6. The number of rotatable bonds is 3. The number of imidazole rings is 1. The zero-order valence-electron chi connectivity index (χ0n) is 16.0. The highest BCUT2D eigenvalue weighted by Gasteiger charge is 2.12. The predicted octanol–water partition coefficient (Wildman–Crippen LogP) is 5.69. The van der Waals surface area contributed by atoms with E-state index in [9.17, 15) is 18.7 Å². The van der Waals surface area contributed by atoms with Crippen molar-refractivity contribution < 1.29 is 23.4 Å². The van der Waals surface area contributed by atoms with E-state index < -0.39 is 17.6 Å². The van der Waals surface area contributed by atoms with Crippen LogP contribution in [0.1, 0.15) is 27.0 Å². The van der Waals surface area contributed by atoms with Crippen molar-refractivity contribution in [3.63, 3.8) is 0 Å². The van der Waals surface area contributed by atoms with Gasteiger partial charge in [0, 0.05) is 11.6 Å². The number of carboxylic acids is 1.